The molecule has 6 heteroatoms. The number of hydrogen-bond donors (Lipinski definition) is 0. The van der Waals surface area contributed by atoms with Crippen molar-refractivity contribution in [2.45, 2.75) is 26.8 Å². The van der Waals surface area contributed by atoms with E-state index in [1.165, 1.54) is 7.11 Å². The third-order valence-corrected chi connectivity index (χ3v) is 3.92. The van der Waals surface area contributed by atoms with Gasteiger partial charge in [-0.05, 0) is 34.9 Å². The van der Waals surface area contributed by atoms with Crippen molar-refractivity contribution >= 4 is 22.4 Å². The molecule has 0 aromatic carbocycles. The molecule has 0 aliphatic heterocycles. The number of hydrogen-bond acceptors (Lipinski definition) is 6. The maximum absolute atomic E-state index is 11.6. The molecular formula is C13H23N3O2S. The van der Waals surface area contributed by atoms with E-state index in [2.05, 4.69) is 42.7 Å². The molecular weight excluding hydrogens is 262 g/mol. The highest BCUT2D eigenvalue weighted by Crippen LogP contribution is 2.27. The predicted molar refractivity (Wildman–Crippen MR) is 79.2 cm³/mol. The SMILES string of the molecule is CCN(c1nc(C(=O)OC)c(C)s1)C(C)CN(C)C. The van der Waals surface area contributed by atoms with Crippen molar-refractivity contribution in [1.82, 2.24) is 9.88 Å². The van der Waals surface area contributed by atoms with Crippen LogP contribution in [0.25, 0.3) is 0 Å². The molecule has 1 heterocycles. The monoisotopic (exact) mass is 285 g/mol. The van der Waals surface area contributed by atoms with Crippen LogP contribution in [0.15, 0.2) is 0 Å². The quantitative estimate of drug-likeness (QED) is 0.748. The van der Waals surface area contributed by atoms with Gasteiger partial charge < -0.3 is 14.5 Å². The van der Waals surface area contributed by atoms with E-state index in [0.29, 0.717) is 11.7 Å². The number of nitrogens with zero attached hydrogens (tertiary/aromatic N) is 3. The zero-order chi connectivity index (χ0) is 14.6. The lowest BCUT2D eigenvalue weighted by Gasteiger charge is -2.29. The minimum Gasteiger partial charge on any atom is -0.464 e. The lowest BCUT2D eigenvalue weighted by Crippen LogP contribution is -2.40. The molecule has 0 saturated heterocycles. The maximum atomic E-state index is 11.6. The van der Waals surface area contributed by atoms with E-state index in [-0.39, 0.29) is 5.97 Å². The molecule has 0 bridgehead atoms. The highest BCUT2D eigenvalue weighted by Gasteiger charge is 2.21. The van der Waals surface area contributed by atoms with Crippen molar-refractivity contribution in [3.63, 3.8) is 0 Å². The molecule has 19 heavy (non-hydrogen) atoms. The average Bonchev–Trinajstić information content (AvgIpc) is 2.70. The molecule has 1 rings (SSSR count). The molecule has 0 aliphatic rings. The van der Waals surface area contributed by atoms with Crippen LogP contribution in [-0.2, 0) is 4.74 Å². The number of thiazole rings is 1. The van der Waals surface area contributed by atoms with Crippen molar-refractivity contribution in [1.29, 1.82) is 0 Å². The van der Waals surface area contributed by atoms with Gasteiger partial charge in [-0.2, -0.15) is 0 Å². The van der Waals surface area contributed by atoms with Crippen LogP contribution in [0.2, 0.25) is 0 Å². The summed E-state index contributed by atoms with van der Waals surface area (Å²) in [4.78, 5) is 21.3. The van der Waals surface area contributed by atoms with Crippen LogP contribution in [0.3, 0.4) is 0 Å². The first-order valence-corrected chi connectivity index (χ1v) is 7.19. The van der Waals surface area contributed by atoms with Gasteiger partial charge >= 0.3 is 5.97 Å². The number of carbonyl (C=O) groups is 1. The third kappa shape index (κ3) is 3.91. The minimum atomic E-state index is -0.365. The Bertz CT molecular complexity index is 432. The van der Waals surface area contributed by atoms with Crippen LogP contribution in [0, 0.1) is 6.92 Å². The Morgan fingerprint density at radius 1 is 1.47 bits per heavy atom. The molecule has 108 valence electrons. The number of ether oxygens (including phenoxy) is 1. The number of esters is 1. The Morgan fingerprint density at radius 3 is 2.58 bits per heavy atom. The number of rotatable bonds is 6. The molecule has 0 spiro atoms. The van der Waals surface area contributed by atoms with E-state index in [4.69, 9.17) is 4.74 Å². The Balaban J connectivity index is 2.96. The molecule has 0 aliphatic carbocycles. The summed E-state index contributed by atoms with van der Waals surface area (Å²) < 4.78 is 4.75. The molecule has 1 atom stereocenters. The molecule has 0 radical (unpaired) electrons. The molecule has 0 N–H and O–H groups in total. The van der Waals surface area contributed by atoms with Crippen LogP contribution in [0.4, 0.5) is 5.13 Å². The Kier molecular flexibility index (Phi) is 5.75. The van der Waals surface area contributed by atoms with Crippen molar-refractivity contribution in [3.8, 4) is 0 Å². The van der Waals surface area contributed by atoms with Crippen LogP contribution in [0.5, 0.6) is 0 Å². The molecule has 0 fully saturated rings. The van der Waals surface area contributed by atoms with E-state index in [9.17, 15) is 4.79 Å². The largest absolute Gasteiger partial charge is 0.464 e. The van der Waals surface area contributed by atoms with E-state index in [1.807, 2.05) is 6.92 Å². The summed E-state index contributed by atoms with van der Waals surface area (Å²) in [7, 11) is 5.49. The fourth-order valence-corrected chi connectivity index (χ4v) is 3.12. The first kappa shape index (κ1) is 15.9. The first-order chi connectivity index (χ1) is 8.90. The summed E-state index contributed by atoms with van der Waals surface area (Å²) in [5, 5.41) is 0.884. The Morgan fingerprint density at radius 2 is 2.11 bits per heavy atom. The number of carbonyl (C=O) groups excluding carboxylic acids is 1. The first-order valence-electron chi connectivity index (χ1n) is 6.37. The van der Waals surface area contributed by atoms with Crippen LogP contribution < -0.4 is 4.90 Å². The Hall–Kier alpha value is -1.14. The van der Waals surface area contributed by atoms with Crippen molar-refractivity contribution in [2.75, 3.05) is 39.2 Å². The zero-order valence-electron chi connectivity index (χ0n) is 12.6. The molecule has 5 nitrogen and oxygen atoms in total. The van der Waals surface area contributed by atoms with E-state index >= 15 is 0 Å². The van der Waals surface area contributed by atoms with E-state index in [0.717, 1.165) is 23.1 Å². The second-order valence-corrected chi connectivity index (χ2v) is 5.97. The molecule has 1 aromatic rings. The molecule has 1 unspecified atom stereocenters. The minimum absolute atomic E-state index is 0.344. The third-order valence-electron chi connectivity index (χ3n) is 2.91. The van der Waals surface area contributed by atoms with Gasteiger partial charge in [0, 0.05) is 24.0 Å². The highest BCUT2D eigenvalue weighted by molar-refractivity contribution is 7.15. The van der Waals surface area contributed by atoms with Crippen LogP contribution in [-0.4, -0.2) is 56.2 Å². The number of likely N-dealkylation sites (N-methyl/N-ethyl adjacent to an activating group) is 2. The fraction of sp³-hybridized carbons (Fsp3) is 0.692. The van der Waals surface area contributed by atoms with Gasteiger partial charge in [0.25, 0.3) is 0 Å². The van der Waals surface area contributed by atoms with Gasteiger partial charge in [0.2, 0.25) is 0 Å². The van der Waals surface area contributed by atoms with E-state index < -0.39 is 0 Å². The topological polar surface area (TPSA) is 45.7 Å². The molecule has 0 saturated carbocycles. The maximum Gasteiger partial charge on any atom is 0.357 e. The second-order valence-electron chi connectivity index (χ2n) is 4.79. The fourth-order valence-electron chi connectivity index (χ4n) is 2.05. The van der Waals surface area contributed by atoms with Gasteiger partial charge in [0.05, 0.1) is 7.11 Å². The van der Waals surface area contributed by atoms with Gasteiger partial charge in [-0.3, -0.25) is 0 Å². The number of anilines is 1. The summed E-state index contributed by atoms with van der Waals surface area (Å²) in [6, 6.07) is 0.344. The van der Waals surface area contributed by atoms with Crippen molar-refractivity contribution in [2.24, 2.45) is 0 Å². The number of methoxy groups -OCH3 is 1. The standard InChI is InChI=1S/C13H23N3O2S/c1-7-16(9(2)8-15(4)5)13-14-11(10(3)19-13)12(17)18-6/h9H,7-8H2,1-6H3. The lowest BCUT2D eigenvalue weighted by molar-refractivity contribution is 0.0594. The predicted octanol–water partition coefficient (Wildman–Crippen LogP) is 2.01. The second kappa shape index (κ2) is 6.86. The molecule has 1 aromatic heterocycles. The van der Waals surface area contributed by atoms with Gasteiger partial charge in [-0.1, -0.05) is 0 Å². The smallest absolute Gasteiger partial charge is 0.357 e. The Labute approximate surface area is 119 Å². The van der Waals surface area contributed by atoms with Crippen LogP contribution in [0.1, 0.15) is 29.2 Å². The van der Waals surface area contributed by atoms with Gasteiger partial charge in [-0.25, -0.2) is 9.78 Å². The van der Waals surface area contributed by atoms with Gasteiger partial charge in [-0.15, -0.1) is 11.3 Å². The summed E-state index contributed by atoms with van der Waals surface area (Å²) in [6.07, 6.45) is 0. The summed E-state index contributed by atoms with van der Waals surface area (Å²) in [6.45, 7) is 7.97. The highest BCUT2D eigenvalue weighted by atomic mass is 32.1. The summed E-state index contributed by atoms with van der Waals surface area (Å²) >= 11 is 1.54. The van der Waals surface area contributed by atoms with Crippen molar-refractivity contribution < 1.29 is 9.53 Å². The van der Waals surface area contributed by atoms with Crippen molar-refractivity contribution in [3.05, 3.63) is 10.6 Å². The number of aromatic nitrogens is 1. The zero-order valence-corrected chi connectivity index (χ0v) is 13.4. The summed E-state index contributed by atoms with van der Waals surface area (Å²) in [5.74, 6) is -0.365. The van der Waals surface area contributed by atoms with Gasteiger partial charge in [0.15, 0.2) is 10.8 Å². The number of aryl methyl sites for hydroxylation is 1. The lowest BCUT2D eigenvalue weighted by atomic mass is 10.3. The van der Waals surface area contributed by atoms with E-state index in [1.54, 1.807) is 11.3 Å². The normalized spacial score (nSPS) is 12.6. The van der Waals surface area contributed by atoms with Gasteiger partial charge in [0.1, 0.15) is 0 Å². The average molecular weight is 285 g/mol. The van der Waals surface area contributed by atoms with Crippen LogP contribution >= 0.6 is 11.3 Å². The molecule has 0 amide bonds. The summed E-state index contributed by atoms with van der Waals surface area (Å²) in [5.41, 5.74) is 0.429.